The second kappa shape index (κ2) is 6.00. The summed E-state index contributed by atoms with van der Waals surface area (Å²) in [4.78, 5) is 23.0. The minimum atomic E-state index is -0.543. The molecule has 1 fully saturated rings. The van der Waals surface area contributed by atoms with E-state index in [9.17, 15) is 14.0 Å². The number of amides is 2. The molecule has 6 heteroatoms. The number of hydrogen-bond donors (Lipinski definition) is 3. The van der Waals surface area contributed by atoms with Gasteiger partial charge in [-0.3, -0.25) is 9.59 Å². The van der Waals surface area contributed by atoms with Gasteiger partial charge in [0.1, 0.15) is 5.82 Å². The molecule has 2 atom stereocenters. The summed E-state index contributed by atoms with van der Waals surface area (Å²) in [5.74, 6) is -1.35. The molecule has 2 rings (SSSR count). The zero-order chi connectivity index (χ0) is 14.7. The highest BCUT2D eigenvalue weighted by molar-refractivity contribution is 5.95. The van der Waals surface area contributed by atoms with Crippen LogP contribution in [0.25, 0.3) is 0 Å². The van der Waals surface area contributed by atoms with Gasteiger partial charge in [-0.25, -0.2) is 4.39 Å². The van der Waals surface area contributed by atoms with Crippen LogP contribution < -0.4 is 16.4 Å². The smallest absolute Gasteiger partial charge is 0.229 e. The number of carbonyl (C=O) groups excluding carboxylic acids is 2. The lowest BCUT2D eigenvalue weighted by Gasteiger charge is -2.16. The molecule has 5 nitrogen and oxygen atoms in total. The Hall–Kier alpha value is -1.95. The predicted molar refractivity (Wildman–Crippen MR) is 74.6 cm³/mol. The third kappa shape index (κ3) is 3.33. The number of benzene rings is 1. The van der Waals surface area contributed by atoms with Crippen LogP contribution in [0.3, 0.4) is 0 Å². The van der Waals surface area contributed by atoms with Crippen molar-refractivity contribution < 1.29 is 14.0 Å². The zero-order valence-corrected chi connectivity index (χ0v) is 11.3. The van der Waals surface area contributed by atoms with Gasteiger partial charge >= 0.3 is 0 Å². The Bertz CT molecular complexity index is 533. The van der Waals surface area contributed by atoms with E-state index in [2.05, 4.69) is 10.6 Å². The third-order valence-electron chi connectivity index (χ3n) is 3.45. The third-order valence-corrected chi connectivity index (χ3v) is 3.45. The molecule has 4 N–H and O–H groups in total. The van der Waals surface area contributed by atoms with Gasteiger partial charge < -0.3 is 16.4 Å². The lowest BCUT2D eigenvalue weighted by atomic mass is 10.0. The Morgan fingerprint density at radius 3 is 2.65 bits per heavy atom. The summed E-state index contributed by atoms with van der Waals surface area (Å²) in [5, 5.41) is 5.09. The summed E-state index contributed by atoms with van der Waals surface area (Å²) in [6, 6.07) is 3.87. The largest absolute Gasteiger partial charge is 0.327 e. The van der Waals surface area contributed by atoms with Crippen LogP contribution in [0.4, 0.5) is 15.8 Å². The van der Waals surface area contributed by atoms with Crippen LogP contribution in [0.5, 0.6) is 0 Å². The second-order valence-electron chi connectivity index (χ2n) is 5.07. The average Bonchev–Trinajstić information content (AvgIpc) is 2.79. The first-order valence-corrected chi connectivity index (χ1v) is 6.61. The molecular weight excluding hydrogens is 261 g/mol. The Kier molecular flexibility index (Phi) is 4.34. The molecule has 1 saturated carbocycles. The van der Waals surface area contributed by atoms with E-state index >= 15 is 0 Å². The first-order chi connectivity index (χ1) is 9.47. The van der Waals surface area contributed by atoms with Crippen LogP contribution in [0.15, 0.2) is 18.2 Å². The molecule has 108 valence electrons. The summed E-state index contributed by atoms with van der Waals surface area (Å²) in [7, 11) is 0. The summed E-state index contributed by atoms with van der Waals surface area (Å²) < 4.78 is 13.7. The van der Waals surface area contributed by atoms with Gasteiger partial charge in [-0.15, -0.1) is 0 Å². The van der Waals surface area contributed by atoms with Gasteiger partial charge in [0, 0.05) is 18.7 Å². The highest BCUT2D eigenvalue weighted by Crippen LogP contribution is 2.26. The van der Waals surface area contributed by atoms with Gasteiger partial charge in [0.2, 0.25) is 11.8 Å². The zero-order valence-electron chi connectivity index (χ0n) is 11.3. The van der Waals surface area contributed by atoms with Crippen LogP contribution in [-0.4, -0.2) is 17.9 Å². The number of rotatable bonds is 3. The minimum Gasteiger partial charge on any atom is -0.327 e. The van der Waals surface area contributed by atoms with E-state index in [0.717, 1.165) is 19.3 Å². The van der Waals surface area contributed by atoms with Gasteiger partial charge in [0.25, 0.3) is 0 Å². The van der Waals surface area contributed by atoms with Crippen molar-refractivity contribution in [1.29, 1.82) is 0 Å². The summed E-state index contributed by atoms with van der Waals surface area (Å²) in [6.45, 7) is 1.36. The van der Waals surface area contributed by atoms with Crippen LogP contribution in [0, 0.1) is 11.7 Å². The average molecular weight is 279 g/mol. The van der Waals surface area contributed by atoms with Crippen LogP contribution in [-0.2, 0) is 9.59 Å². The highest BCUT2D eigenvalue weighted by atomic mass is 19.1. The molecule has 0 heterocycles. The van der Waals surface area contributed by atoms with Crippen molar-refractivity contribution in [2.75, 3.05) is 10.6 Å². The van der Waals surface area contributed by atoms with E-state index in [-0.39, 0.29) is 29.5 Å². The molecule has 1 aliphatic rings. The van der Waals surface area contributed by atoms with Crippen molar-refractivity contribution in [2.45, 2.75) is 32.2 Å². The number of nitrogens with one attached hydrogen (secondary N) is 2. The molecule has 1 aromatic carbocycles. The van der Waals surface area contributed by atoms with Gasteiger partial charge in [-0.2, -0.15) is 0 Å². The predicted octanol–water partition coefficient (Wildman–Crippen LogP) is 1.85. The maximum atomic E-state index is 13.7. The van der Waals surface area contributed by atoms with Gasteiger partial charge in [-0.05, 0) is 31.0 Å². The molecule has 2 unspecified atom stereocenters. The lowest BCUT2D eigenvalue weighted by molar-refractivity contribution is -0.120. The van der Waals surface area contributed by atoms with Crippen LogP contribution >= 0.6 is 0 Å². The summed E-state index contributed by atoms with van der Waals surface area (Å²) >= 11 is 0. The van der Waals surface area contributed by atoms with Crippen molar-refractivity contribution >= 4 is 23.2 Å². The van der Waals surface area contributed by atoms with Crippen molar-refractivity contribution in [3.63, 3.8) is 0 Å². The van der Waals surface area contributed by atoms with Crippen molar-refractivity contribution in [3.05, 3.63) is 24.0 Å². The fourth-order valence-corrected chi connectivity index (χ4v) is 2.44. The van der Waals surface area contributed by atoms with Crippen molar-refractivity contribution in [3.8, 4) is 0 Å². The van der Waals surface area contributed by atoms with Crippen molar-refractivity contribution in [1.82, 2.24) is 0 Å². The molecule has 1 aromatic rings. The minimum absolute atomic E-state index is 0.0559. The maximum absolute atomic E-state index is 13.7. The van der Waals surface area contributed by atoms with E-state index < -0.39 is 5.82 Å². The number of carbonyl (C=O) groups is 2. The number of nitrogens with two attached hydrogens (primary N) is 1. The fraction of sp³-hybridized carbons (Fsp3) is 0.429. The van der Waals surface area contributed by atoms with Crippen molar-refractivity contribution in [2.24, 2.45) is 11.7 Å². The first kappa shape index (κ1) is 14.5. The van der Waals surface area contributed by atoms with Crippen LogP contribution in [0.2, 0.25) is 0 Å². The molecule has 0 spiro atoms. The molecule has 0 aromatic heterocycles. The number of anilines is 2. The Morgan fingerprint density at radius 2 is 2.05 bits per heavy atom. The van der Waals surface area contributed by atoms with E-state index in [1.165, 1.54) is 25.1 Å². The van der Waals surface area contributed by atoms with Gasteiger partial charge in [0.05, 0.1) is 11.6 Å². The molecule has 20 heavy (non-hydrogen) atoms. The number of hydrogen-bond acceptors (Lipinski definition) is 3. The fourth-order valence-electron chi connectivity index (χ4n) is 2.44. The lowest BCUT2D eigenvalue weighted by Crippen LogP contribution is -2.34. The summed E-state index contributed by atoms with van der Waals surface area (Å²) in [5.41, 5.74) is 6.35. The SMILES string of the molecule is CC(=O)Nc1ccc(F)c(NC(=O)C2CCCC2N)c1. The Morgan fingerprint density at radius 1 is 1.30 bits per heavy atom. The van der Waals surface area contributed by atoms with Gasteiger partial charge in [-0.1, -0.05) is 6.42 Å². The standard InChI is InChI=1S/C14H18FN3O2/c1-8(19)17-9-5-6-11(15)13(7-9)18-14(20)10-3-2-4-12(10)16/h5-7,10,12H,2-4,16H2,1H3,(H,17,19)(H,18,20). The van der Waals surface area contributed by atoms with E-state index in [4.69, 9.17) is 5.73 Å². The molecule has 2 amide bonds. The maximum Gasteiger partial charge on any atom is 0.229 e. The molecular formula is C14H18FN3O2. The Balaban J connectivity index is 2.11. The second-order valence-corrected chi connectivity index (χ2v) is 5.07. The molecule has 1 aliphatic carbocycles. The van der Waals surface area contributed by atoms with E-state index in [1.54, 1.807) is 0 Å². The topological polar surface area (TPSA) is 84.2 Å². The molecule has 0 aliphatic heterocycles. The highest BCUT2D eigenvalue weighted by Gasteiger charge is 2.30. The Labute approximate surface area is 116 Å². The van der Waals surface area contributed by atoms with Gasteiger partial charge in [0.15, 0.2) is 0 Å². The van der Waals surface area contributed by atoms with Crippen LogP contribution in [0.1, 0.15) is 26.2 Å². The monoisotopic (exact) mass is 279 g/mol. The summed E-state index contributed by atoms with van der Waals surface area (Å²) in [6.07, 6.45) is 2.44. The first-order valence-electron chi connectivity index (χ1n) is 6.61. The number of halogens is 1. The quantitative estimate of drug-likeness (QED) is 0.789. The molecule has 0 radical (unpaired) electrons. The van der Waals surface area contributed by atoms with E-state index in [0.29, 0.717) is 5.69 Å². The van der Waals surface area contributed by atoms with E-state index in [1.807, 2.05) is 0 Å². The normalized spacial score (nSPS) is 21.6. The molecule has 0 bridgehead atoms. The molecule has 0 saturated heterocycles.